The van der Waals surface area contributed by atoms with E-state index in [-0.39, 0.29) is 0 Å². The van der Waals surface area contributed by atoms with Crippen molar-refractivity contribution < 1.29 is 0 Å². The highest BCUT2D eigenvalue weighted by Crippen LogP contribution is 2.14. The van der Waals surface area contributed by atoms with Crippen molar-refractivity contribution in [3.8, 4) is 0 Å². The lowest BCUT2D eigenvalue weighted by atomic mass is 10.1. The van der Waals surface area contributed by atoms with Crippen molar-refractivity contribution in [2.24, 2.45) is 7.05 Å². The molecule has 5 heteroatoms. The summed E-state index contributed by atoms with van der Waals surface area (Å²) >= 11 is 5.92. The van der Waals surface area contributed by atoms with Gasteiger partial charge in [-0.15, -0.1) is 0 Å². The molecule has 1 aromatic heterocycles. The van der Waals surface area contributed by atoms with Gasteiger partial charge in [0.05, 0.1) is 0 Å². The molecule has 0 atom stereocenters. The molecule has 0 bridgehead atoms. The van der Waals surface area contributed by atoms with Gasteiger partial charge in [-0.3, -0.25) is 4.68 Å². The summed E-state index contributed by atoms with van der Waals surface area (Å²) in [6.45, 7) is 3.78. The Morgan fingerprint density at radius 2 is 2.22 bits per heavy atom. The van der Waals surface area contributed by atoms with Gasteiger partial charge in [-0.2, -0.15) is 5.10 Å². The van der Waals surface area contributed by atoms with E-state index in [1.807, 2.05) is 19.2 Å². The van der Waals surface area contributed by atoms with Gasteiger partial charge in [-0.1, -0.05) is 17.7 Å². The number of benzene rings is 1. The van der Waals surface area contributed by atoms with Crippen LogP contribution in [-0.2, 0) is 20.0 Å². The Bertz CT molecular complexity index is 521. The Morgan fingerprint density at radius 1 is 1.39 bits per heavy atom. The summed E-state index contributed by atoms with van der Waals surface area (Å²) in [7, 11) is 1.88. The van der Waals surface area contributed by atoms with Gasteiger partial charge in [0, 0.05) is 31.6 Å². The molecule has 1 N–H and O–H groups in total. The highest BCUT2D eigenvalue weighted by Gasteiger charge is 2.01. The maximum Gasteiger partial charge on any atom is 0.151 e. The standard InChI is InChI=1S/C13H17ClN4/c1-10-7-12(14)4-3-11(10)8-15-6-5-13-16-9-18(2)17-13/h3-4,7,9,15H,5-6,8H2,1-2H3. The lowest BCUT2D eigenvalue weighted by Crippen LogP contribution is -2.17. The minimum Gasteiger partial charge on any atom is -0.312 e. The molecule has 0 saturated heterocycles. The zero-order valence-electron chi connectivity index (χ0n) is 10.7. The number of hydrogen-bond acceptors (Lipinski definition) is 3. The van der Waals surface area contributed by atoms with E-state index in [9.17, 15) is 0 Å². The molecule has 2 rings (SSSR count). The van der Waals surface area contributed by atoms with Crippen LogP contribution in [-0.4, -0.2) is 21.3 Å². The Kier molecular flexibility index (Phi) is 4.33. The average Bonchev–Trinajstić information content (AvgIpc) is 2.73. The molecule has 0 aliphatic rings. The topological polar surface area (TPSA) is 42.7 Å². The predicted molar refractivity (Wildman–Crippen MR) is 72.6 cm³/mol. The number of nitrogens with one attached hydrogen (secondary N) is 1. The van der Waals surface area contributed by atoms with E-state index in [2.05, 4.69) is 28.4 Å². The number of hydrogen-bond donors (Lipinski definition) is 1. The van der Waals surface area contributed by atoms with Crippen molar-refractivity contribution >= 4 is 11.6 Å². The van der Waals surface area contributed by atoms with E-state index in [0.717, 1.165) is 30.4 Å². The normalized spacial score (nSPS) is 10.8. The van der Waals surface area contributed by atoms with E-state index in [1.54, 1.807) is 11.0 Å². The molecule has 1 aromatic carbocycles. The van der Waals surface area contributed by atoms with Crippen molar-refractivity contribution in [1.29, 1.82) is 0 Å². The quantitative estimate of drug-likeness (QED) is 0.841. The third kappa shape index (κ3) is 3.55. The molecular formula is C13H17ClN4. The first-order chi connectivity index (χ1) is 8.65. The lowest BCUT2D eigenvalue weighted by Gasteiger charge is -2.07. The van der Waals surface area contributed by atoms with E-state index in [4.69, 9.17) is 11.6 Å². The molecule has 2 aromatic rings. The summed E-state index contributed by atoms with van der Waals surface area (Å²) in [5.74, 6) is 0.873. The SMILES string of the molecule is Cc1cc(Cl)ccc1CNCCc1ncn(C)n1. The largest absolute Gasteiger partial charge is 0.312 e. The number of rotatable bonds is 5. The monoisotopic (exact) mass is 264 g/mol. The van der Waals surface area contributed by atoms with Crippen molar-refractivity contribution in [2.45, 2.75) is 19.9 Å². The van der Waals surface area contributed by atoms with Gasteiger partial charge in [0.25, 0.3) is 0 Å². The summed E-state index contributed by atoms with van der Waals surface area (Å²) in [5, 5.41) is 8.41. The van der Waals surface area contributed by atoms with Crippen LogP contribution in [0.25, 0.3) is 0 Å². The minimum atomic E-state index is 0.786. The van der Waals surface area contributed by atoms with E-state index in [1.165, 1.54) is 11.1 Å². The molecule has 0 amide bonds. The molecular weight excluding hydrogens is 248 g/mol. The second kappa shape index (κ2) is 5.98. The molecule has 18 heavy (non-hydrogen) atoms. The fourth-order valence-electron chi connectivity index (χ4n) is 1.78. The zero-order valence-corrected chi connectivity index (χ0v) is 11.4. The molecule has 0 unspecified atom stereocenters. The zero-order chi connectivity index (χ0) is 13.0. The number of nitrogens with zero attached hydrogens (tertiary/aromatic N) is 3. The number of aromatic nitrogens is 3. The smallest absolute Gasteiger partial charge is 0.151 e. The Balaban J connectivity index is 1.78. The van der Waals surface area contributed by atoms with Gasteiger partial charge in [-0.25, -0.2) is 4.98 Å². The van der Waals surface area contributed by atoms with Gasteiger partial charge in [0.2, 0.25) is 0 Å². The van der Waals surface area contributed by atoms with Gasteiger partial charge < -0.3 is 5.32 Å². The molecule has 0 fully saturated rings. The van der Waals surface area contributed by atoms with Crippen LogP contribution in [0.3, 0.4) is 0 Å². The Morgan fingerprint density at radius 3 is 2.89 bits per heavy atom. The molecule has 0 aliphatic carbocycles. The van der Waals surface area contributed by atoms with Gasteiger partial charge in [-0.05, 0) is 30.2 Å². The van der Waals surface area contributed by atoms with Crippen LogP contribution in [0.5, 0.6) is 0 Å². The number of halogens is 1. The third-order valence-electron chi connectivity index (χ3n) is 2.79. The summed E-state index contributed by atoms with van der Waals surface area (Å²) in [6.07, 6.45) is 2.56. The first-order valence-electron chi connectivity index (χ1n) is 5.95. The Labute approximate surface area is 112 Å². The molecule has 0 spiro atoms. The van der Waals surface area contributed by atoms with Crippen molar-refractivity contribution in [3.63, 3.8) is 0 Å². The molecule has 4 nitrogen and oxygen atoms in total. The summed E-state index contributed by atoms with van der Waals surface area (Å²) in [5.41, 5.74) is 2.49. The van der Waals surface area contributed by atoms with Crippen LogP contribution < -0.4 is 5.32 Å². The van der Waals surface area contributed by atoms with Crippen LogP contribution in [0.4, 0.5) is 0 Å². The second-order valence-corrected chi connectivity index (χ2v) is 4.77. The summed E-state index contributed by atoms with van der Waals surface area (Å²) in [4.78, 5) is 4.18. The van der Waals surface area contributed by atoms with Crippen molar-refractivity contribution in [1.82, 2.24) is 20.1 Å². The highest BCUT2D eigenvalue weighted by molar-refractivity contribution is 6.30. The van der Waals surface area contributed by atoms with Crippen molar-refractivity contribution in [3.05, 3.63) is 46.5 Å². The van der Waals surface area contributed by atoms with Crippen LogP contribution in [0.2, 0.25) is 5.02 Å². The predicted octanol–water partition coefficient (Wildman–Crippen LogP) is 2.11. The molecule has 0 aliphatic heterocycles. The summed E-state index contributed by atoms with van der Waals surface area (Å²) in [6, 6.07) is 5.97. The first-order valence-corrected chi connectivity index (χ1v) is 6.33. The van der Waals surface area contributed by atoms with Gasteiger partial charge in [0.1, 0.15) is 6.33 Å². The van der Waals surface area contributed by atoms with Gasteiger partial charge in [0.15, 0.2) is 5.82 Å². The fraction of sp³-hybridized carbons (Fsp3) is 0.385. The van der Waals surface area contributed by atoms with Crippen LogP contribution in [0, 0.1) is 6.92 Å². The van der Waals surface area contributed by atoms with Gasteiger partial charge >= 0.3 is 0 Å². The van der Waals surface area contributed by atoms with Crippen LogP contribution in [0.1, 0.15) is 17.0 Å². The molecule has 0 radical (unpaired) electrons. The fourth-order valence-corrected chi connectivity index (χ4v) is 2.01. The molecule has 96 valence electrons. The molecule has 1 heterocycles. The minimum absolute atomic E-state index is 0.786. The maximum atomic E-state index is 5.92. The number of aryl methyl sites for hydroxylation is 2. The van der Waals surface area contributed by atoms with E-state index >= 15 is 0 Å². The second-order valence-electron chi connectivity index (χ2n) is 4.33. The average molecular weight is 265 g/mol. The summed E-state index contributed by atoms with van der Waals surface area (Å²) < 4.78 is 1.72. The lowest BCUT2D eigenvalue weighted by molar-refractivity contribution is 0.659. The molecule has 0 saturated carbocycles. The third-order valence-corrected chi connectivity index (χ3v) is 3.03. The Hall–Kier alpha value is -1.39. The van der Waals surface area contributed by atoms with Crippen LogP contribution >= 0.6 is 11.6 Å². The van der Waals surface area contributed by atoms with E-state index in [0.29, 0.717) is 0 Å². The highest BCUT2D eigenvalue weighted by atomic mass is 35.5. The first kappa shape index (κ1) is 13.1. The van der Waals surface area contributed by atoms with Crippen LogP contribution in [0.15, 0.2) is 24.5 Å². The maximum absolute atomic E-state index is 5.92. The van der Waals surface area contributed by atoms with E-state index < -0.39 is 0 Å². The van der Waals surface area contributed by atoms with Crippen molar-refractivity contribution in [2.75, 3.05) is 6.54 Å².